The maximum atomic E-state index is 12.0. The molecule has 1 aromatic carbocycles. The fraction of sp³-hybridized carbons (Fsp3) is 0.250. The monoisotopic (exact) mass is 297 g/mol. The standard InChI is InChI=1S/C16H15N3O3/c1-17-13-6-3-9-7-10(20)4-5-11(9)12(13)8-14-15(21)19(2)16(22)18-14/h3-6,17H,7-8H2,1-2H3. The van der Waals surface area contributed by atoms with Crippen LogP contribution in [-0.2, 0) is 22.4 Å². The molecule has 3 rings (SSSR count). The van der Waals surface area contributed by atoms with E-state index in [9.17, 15) is 14.4 Å². The lowest BCUT2D eigenvalue weighted by Gasteiger charge is -2.18. The van der Waals surface area contributed by atoms with E-state index in [0.29, 0.717) is 6.42 Å². The summed E-state index contributed by atoms with van der Waals surface area (Å²) in [6, 6.07) is 3.25. The normalized spacial score (nSPS) is 16.9. The molecule has 1 heterocycles. The highest BCUT2D eigenvalue weighted by Crippen LogP contribution is 2.29. The second-order valence-corrected chi connectivity index (χ2v) is 5.27. The summed E-state index contributed by atoms with van der Waals surface area (Å²) in [5, 5.41) is 3.08. The molecule has 6 nitrogen and oxygen atoms in total. The second-order valence-electron chi connectivity index (χ2n) is 5.27. The Morgan fingerprint density at radius 2 is 2.00 bits per heavy atom. The Bertz CT molecular complexity index is 762. The molecule has 0 saturated heterocycles. The smallest absolute Gasteiger partial charge is 0.350 e. The van der Waals surface area contributed by atoms with Crippen molar-refractivity contribution in [2.24, 2.45) is 4.99 Å². The van der Waals surface area contributed by atoms with Gasteiger partial charge in [0, 0.05) is 32.6 Å². The summed E-state index contributed by atoms with van der Waals surface area (Å²) in [5.41, 5.74) is 3.80. The van der Waals surface area contributed by atoms with Gasteiger partial charge in [0.05, 0.1) is 0 Å². The van der Waals surface area contributed by atoms with Gasteiger partial charge in [-0.05, 0) is 28.8 Å². The second kappa shape index (κ2) is 5.22. The third-order valence-corrected chi connectivity index (χ3v) is 3.93. The summed E-state index contributed by atoms with van der Waals surface area (Å²) in [5.74, 6) is -0.319. The van der Waals surface area contributed by atoms with Crippen LogP contribution >= 0.6 is 0 Å². The van der Waals surface area contributed by atoms with Crippen molar-refractivity contribution in [1.82, 2.24) is 4.90 Å². The summed E-state index contributed by atoms with van der Waals surface area (Å²) < 4.78 is 0. The van der Waals surface area contributed by atoms with E-state index in [1.165, 1.54) is 7.05 Å². The van der Waals surface area contributed by atoms with Crippen LogP contribution in [-0.4, -0.2) is 42.4 Å². The lowest BCUT2D eigenvalue weighted by atomic mass is 9.89. The Morgan fingerprint density at radius 3 is 2.64 bits per heavy atom. The Balaban J connectivity index is 2.05. The summed E-state index contributed by atoms with van der Waals surface area (Å²) in [6.45, 7) is 0. The van der Waals surface area contributed by atoms with Crippen LogP contribution in [0.25, 0.3) is 6.08 Å². The van der Waals surface area contributed by atoms with Gasteiger partial charge < -0.3 is 5.32 Å². The number of carbonyl (C=O) groups excluding carboxylic acids is 3. The van der Waals surface area contributed by atoms with Gasteiger partial charge in [0.1, 0.15) is 5.71 Å². The molecule has 0 fully saturated rings. The zero-order valence-electron chi connectivity index (χ0n) is 12.3. The number of anilines is 1. The number of aliphatic imine (C=N–C) groups is 1. The minimum absolute atomic E-state index is 0.0554. The third kappa shape index (κ3) is 2.22. The molecule has 0 unspecified atom stereocenters. The van der Waals surface area contributed by atoms with Crippen molar-refractivity contribution in [3.8, 4) is 0 Å². The van der Waals surface area contributed by atoms with Crippen LogP contribution in [0.1, 0.15) is 16.7 Å². The van der Waals surface area contributed by atoms with Crippen LogP contribution in [0.4, 0.5) is 10.5 Å². The minimum atomic E-state index is -0.540. The van der Waals surface area contributed by atoms with E-state index >= 15 is 0 Å². The average Bonchev–Trinajstić information content (AvgIpc) is 2.74. The molecule has 1 N–H and O–H groups in total. The van der Waals surface area contributed by atoms with Crippen molar-refractivity contribution in [2.75, 3.05) is 19.4 Å². The zero-order chi connectivity index (χ0) is 15.9. The van der Waals surface area contributed by atoms with Crippen molar-refractivity contribution >= 4 is 35.2 Å². The number of hydrogen-bond acceptors (Lipinski definition) is 4. The number of urea groups is 1. The summed E-state index contributed by atoms with van der Waals surface area (Å²) in [4.78, 5) is 39.9. The van der Waals surface area contributed by atoms with Crippen LogP contribution in [0.2, 0.25) is 0 Å². The number of fused-ring (bicyclic) bond motifs is 1. The first kappa shape index (κ1) is 14.2. The number of nitrogens with one attached hydrogen (secondary N) is 1. The fourth-order valence-corrected chi connectivity index (χ4v) is 2.72. The fourth-order valence-electron chi connectivity index (χ4n) is 2.72. The topological polar surface area (TPSA) is 78.8 Å². The number of amides is 3. The lowest BCUT2D eigenvalue weighted by Crippen LogP contribution is -2.29. The Morgan fingerprint density at radius 1 is 1.23 bits per heavy atom. The van der Waals surface area contributed by atoms with Gasteiger partial charge in [-0.25, -0.2) is 4.79 Å². The van der Waals surface area contributed by atoms with Crippen molar-refractivity contribution in [3.63, 3.8) is 0 Å². The van der Waals surface area contributed by atoms with E-state index in [1.54, 1.807) is 19.2 Å². The number of hydrogen-bond donors (Lipinski definition) is 1. The molecule has 0 radical (unpaired) electrons. The number of benzene rings is 1. The van der Waals surface area contributed by atoms with Crippen molar-refractivity contribution < 1.29 is 14.4 Å². The molecule has 1 aliphatic carbocycles. The molecule has 0 aromatic heterocycles. The van der Waals surface area contributed by atoms with Gasteiger partial charge >= 0.3 is 6.03 Å². The Labute approximate surface area is 127 Å². The molecule has 1 aromatic rings. The average molecular weight is 297 g/mol. The highest BCUT2D eigenvalue weighted by atomic mass is 16.2. The van der Waals surface area contributed by atoms with E-state index in [4.69, 9.17) is 0 Å². The van der Waals surface area contributed by atoms with Crippen LogP contribution in [0.5, 0.6) is 0 Å². The predicted octanol–water partition coefficient (Wildman–Crippen LogP) is 1.44. The summed E-state index contributed by atoms with van der Waals surface area (Å²) in [7, 11) is 3.21. The highest BCUT2D eigenvalue weighted by molar-refractivity contribution is 6.46. The Hall–Kier alpha value is -2.76. The number of nitrogens with zero attached hydrogens (tertiary/aromatic N) is 2. The quantitative estimate of drug-likeness (QED) is 0.915. The van der Waals surface area contributed by atoms with E-state index in [0.717, 1.165) is 27.3 Å². The van der Waals surface area contributed by atoms with E-state index in [2.05, 4.69) is 10.3 Å². The maximum absolute atomic E-state index is 12.0. The molecule has 3 amide bonds. The van der Waals surface area contributed by atoms with E-state index < -0.39 is 6.03 Å². The van der Waals surface area contributed by atoms with Crippen molar-refractivity contribution in [2.45, 2.75) is 12.8 Å². The SMILES string of the molecule is CNc1ccc2c(c1CC1=NC(=O)N(C)C1=O)C=CC(=O)C2. The lowest BCUT2D eigenvalue weighted by molar-refractivity contribution is -0.119. The molecule has 0 atom stereocenters. The van der Waals surface area contributed by atoms with Gasteiger partial charge in [-0.1, -0.05) is 12.1 Å². The van der Waals surface area contributed by atoms with E-state index in [1.807, 2.05) is 12.1 Å². The Kier molecular flexibility index (Phi) is 3.36. The van der Waals surface area contributed by atoms with Gasteiger partial charge in [-0.15, -0.1) is 0 Å². The third-order valence-electron chi connectivity index (χ3n) is 3.93. The first-order valence-corrected chi connectivity index (χ1v) is 6.94. The number of imide groups is 1. The molecular formula is C16H15N3O3. The molecule has 112 valence electrons. The number of allylic oxidation sites excluding steroid dienone is 1. The van der Waals surface area contributed by atoms with Gasteiger partial charge in [0.2, 0.25) is 0 Å². The van der Waals surface area contributed by atoms with Crippen LogP contribution in [0, 0.1) is 0 Å². The molecular weight excluding hydrogens is 282 g/mol. The maximum Gasteiger partial charge on any atom is 0.350 e. The molecule has 6 heteroatoms. The van der Waals surface area contributed by atoms with Crippen LogP contribution < -0.4 is 5.32 Å². The summed E-state index contributed by atoms with van der Waals surface area (Å²) in [6.07, 6.45) is 3.92. The van der Waals surface area contributed by atoms with Gasteiger partial charge in [0.25, 0.3) is 5.91 Å². The summed E-state index contributed by atoms with van der Waals surface area (Å²) >= 11 is 0. The zero-order valence-corrected chi connectivity index (χ0v) is 12.3. The number of ketones is 1. The molecule has 22 heavy (non-hydrogen) atoms. The highest BCUT2D eigenvalue weighted by Gasteiger charge is 2.31. The van der Waals surface area contributed by atoms with Gasteiger partial charge in [0.15, 0.2) is 5.78 Å². The first-order chi connectivity index (χ1) is 10.5. The number of carbonyl (C=O) groups is 3. The largest absolute Gasteiger partial charge is 0.388 e. The molecule has 1 aliphatic heterocycles. The molecule has 0 spiro atoms. The van der Waals surface area contributed by atoms with Crippen LogP contribution in [0.15, 0.2) is 23.2 Å². The van der Waals surface area contributed by atoms with Crippen molar-refractivity contribution in [1.29, 1.82) is 0 Å². The van der Waals surface area contributed by atoms with Crippen molar-refractivity contribution in [3.05, 3.63) is 34.9 Å². The van der Waals surface area contributed by atoms with Crippen LogP contribution in [0.3, 0.4) is 0 Å². The van der Waals surface area contributed by atoms with E-state index in [-0.39, 0.29) is 23.8 Å². The first-order valence-electron chi connectivity index (χ1n) is 6.94. The predicted molar refractivity (Wildman–Crippen MR) is 83.0 cm³/mol. The molecule has 0 bridgehead atoms. The minimum Gasteiger partial charge on any atom is -0.388 e. The van der Waals surface area contributed by atoms with Gasteiger partial charge in [-0.2, -0.15) is 4.99 Å². The number of rotatable bonds is 3. The molecule has 2 aliphatic rings. The van der Waals surface area contributed by atoms with Gasteiger partial charge in [-0.3, -0.25) is 14.5 Å². The molecule has 0 saturated carbocycles.